The number of carbonyl (C=O) groups is 3. The number of aliphatic hydroxyl groups excluding tert-OH is 1. The van der Waals surface area contributed by atoms with Crippen LogP contribution in [-0.2, 0) is 32.1 Å². The second-order valence-corrected chi connectivity index (χ2v) is 15.4. The largest absolute Gasteiger partial charge is 0.394 e. The zero-order chi connectivity index (χ0) is 31.2. The summed E-state index contributed by atoms with van der Waals surface area (Å²) in [4.78, 5) is 44.1. The highest BCUT2D eigenvalue weighted by molar-refractivity contribution is 9.09. The van der Waals surface area contributed by atoms with E-state index >= 15 is 0 Å². The topological polar surface area (TPSA) is 108 Å². The van der Waals surface area contributed by atoms with Crippen LogP contribution in [0, 0.1) is 17.3 Å². The van der Waals surface area contributed by atoms with Crippen LogP contribution in [0.5, 0.6) is 0 Å². The number of hydrogen-bond donors (Lipinski definition) is 3. The molecule has 3 saturated heterocycles. The molecule has 3 unspecified atom stereocenters. The SMILES string of the molecule is CC(C)(C)CC(C)(C)NC(=O)C1N([C@@H](CO)Cc2ccccc2)C(=O)[C@@H]2[C@@H](C(=O)NCc3ccccc3)[C@@H]3OC12CC3Br. The van der Waals surface area contributed by atoms with E-state index in [1.54, 1.807) is 4.90 Å². The van der Waals surface area contributed by atoms with Crippen LogP contribution in [-0.4, -0.2) is 68.5 Å². The third-order valence-electron chi connectivity index (χ3n) is 8.94. The van der Waals surface area contributed by atoms with E-state index in [0.717, 1.165) is 11.1 Å². The molecule has 5 rings (SSSR count). The average Bonchev–Trinajstić information content (AvgIpc) is 3.53. The molecule has 3 amide bonds. The van der Waals surface area contributed by atoms with Gasteiger partial charge in [-0.1, -0.05) is 97.4 Å². The van der Waals surface area contributed by atoms with E-state index in [4.69, 9.17) is 4.74 Å². The van der Waals surface area contributed by atoms with Crippen LogP contribution in [0.1, 0.15) is 58.6 Å². The molecule has 3 aliphatic heterocycles. The van der Waals surface area contributed by atoms with E-state index in [2.05, 4.69) is 47.3 Å². The summed E-state index contributed by atoms with van der Waals surface area (Å²) in [5.41, 5.74) is 0.0814. The molecule has 2 bridgehead atoms. The summed E-state index contributed by atoms with van der Waals surface area (Å²) >= 11 is 3.74. The number of fused-ring (bicyclic) bond motifs is 1. The molecule has 3 heterocycles. The van der Waals surface area contributed by atoms with Crippen molar-refractivity contribution in [3.8, 4) is 0 Å². The van der Waals surface area contributed by atoms with Crippen molar-refractivity contribution in [2.75, 3.05) is 6.61 Å². The number of halogens is 1. The van der Waals surface area contributed by atoms with E-state index in [9.17, 15) is 19.5 Å². The zero-order valence-corrected chi connectivity index (χ0v) is 27.3. The number of benzene rings is 2. The molecule has 232 valence electrons. The van der Waals surface area contributed by atoms with Gasteiger partial charge in [-0.15, -0.1) is 0 Å². The Bertz CT molecular complexity index is 1330. The molecule has 9 heteroatoms. The first-order valence-electron chi connectivity index (χ1n) is 15.2. The number of alkyl halides is 1. The summed E-state index contributed by atoms with van der Waals surface area (Å²) in [6, 6.07) is 17.6. The minimum Gasteiger partial charge on any atom is -0.394 e. The lowest BCUT2D eigenvalue weighted by Gasteiger charge is -2.40. The molecule has 0 aromatic heterocycles. The lowest BCUT2D eigenvalue weighted by molar-refractivity contribution is -0.146. The standard InChI is InChI=1S/C34H44BrN3O5/c1-32(2,3)20-33(4,5)37-30(41)28-34-17-24(35)27(43-34)25(29(40)36-18-22-14-10-7-11-15-22)26(34)31(42)38(28)23(19-39)16-21-12-8-6-9-13-21/h6-15,23-28,39H,16-20H2,1-5H3,(H,36,40)(H,37,41)/t23-,24?,25-,26+,27-,28?,34?/m1/s1. The maximum Gasteiger partial charge on any atom is 0.246 e. The molecule has 2 aromatic rings. The quantitative estimate of drug-likeness (QED) is 0.336. The first-order chi connectivity index (χ1) is 20.3. The number of hydrogen-bond acceptors (Lipinski definition) is 5. The number of ether oxygens (including phenoxy) is 1. The Kier molecular flexibility index (Phi) is 8.82. The molecule has 0 aliphatic carbocycles. The molecule has 0 saturated carbocycles. The third-order valence-corrected chi connectivity index (χ3v) is 9.78. The minimum atomic E-state index is -1.20. The minimum absolute atomic E-state index is 0.0467. The highest BCUT2D eigenvalue weighted by atomic mass is 79.9. The molecular weight excluding hydrogens is 610 g/mol. The Labute approximate surface area is 263 Å². The molecule has 7 atom stereocenters. The van der Waals surface area contributed by atoms with Crippen molar-refractivity contribution in [1.82, 2.24) is 15.5 Å². The summed E-state index contributed by atoms with van der Waals surface area (Å²) in [7, 11) is 0. The van der Waals surface area contributed by atoms with Gasteiger partial charge in [-0.05, 0) is 49.7 Å². The van der Waals surface area contributed by atoms with Gasteiger partial charge >= 0.3 is 0 Å². The number of carbonyl (C=O) groups excluding carboxylic acids is 3. The summed E-state index contributed by atoms with van der Waals surface area (Å²) in [6.45, 7) is 10.3. The Morgan fingerprint density at radius 1 is 1.02 bits per heavy atom. The van der Waals surface area contributed by atoms with Gasteiger partial charge in [-0.25, -0.2) is 0 Å². The Morgan fingerprint density at radius 3 is 2.21 bits per heavy atom. The van der Waals surface area contributed by atoms with Crippen molar-refractivity contribution >= 4 is 33.7 Å². The predicted octanol–water partition coefficient (Wildman–Crippen LogP) is 3.99. The van der Waals surface area contributed by atoms with Crippen LogP contribution >= 0.6 is 15.9 Å². The molecule has 0 radical (unpaired) electrons. The van der Waals surface area contributed by atoms with Crippen LogP contribution in [0.4, 0.5) is 0 Å². The predicted molar refractivity (Wildman–Crippen MR) is 168 cm³/mol. The fourth-order valence-electron chi connectivity index (χ4n) is 7.87. The van der Waals surface area contributed by atoms with Crippen molar-refractivity contribution in [2.45, 2.75) is 94.6 Å². The van der Waals surface area contributed by atoms with Crippen molar-refractivity contribution in [3.05, 3.63) is 71.8 Å². The van der Waals surface area contributed by atoms with Crippen LogP contribution in [0.15, 0.2) is 60.7 Å². The van der Waals surface area contributed by atoms with Gasteiger partial charge in [-0.2, -0.15) is 0 Å². The summed E-state index contributed by atoms with van der Waals surface area (Å²) in [5, 5.41) is 16.9. The van der Waals surface area contributed by atoms with E-state index in [1.165, 1.54) is 0 Å². The maximum absolute atomic E-state index is 14.5. The molecule has 3 N–H and O–H groups in total. The Hall–Kier alpha value is -2.75. The van der Waals surface area contributed by atoms with Gasteiger partial charge in [-0.3, -0.25) is 14.4 Å². The van der Waals surface area contributed by atoms with Gasteiger partial charge in [0.05, 0.1) is 30.6 Å². The fourth-order valence-corrected chi connectivity index (χ4v) is 8.81. The fraction of sp³-hybridized carbons (Fsp3) is 0.559. The summed E-state index contributed by atoms with van der Waals surface area (Å²) in [5.74, 6) is -2.51. The number of nitrogens with zero attached hydrogens (tertiary/aromatic N) is 1. The molecule has 2 aromatic carbocycles. The molecule has 43 heavy (non-hydrogen) atoms. The summed E-state index contributed by atoms with van der Waals surface area (Å²) < 4.78 is 6.66. The second kappa shape index (κ2) is 12.0. The smallest absolute Gasteiger partial charge is 0.246 e. The Balaban J connectivity index is 1.50. The van der Waals surface area contributed by atoms with Gasteiger partial charge in [0.15, 0.2) is 0 Å². The first kappa shape index (κ1) is 31.7. The van der Waals surface area contributed by atoms with Crippen LogP contribution in [0.25, 0.3) is 0 Å². The van der Waals surface area contributed by atoms with Gasteiger partial charge in [0.1, 0.15) is 11.6 Å². The number of rotatable bonds is 10. The van der Waals surface area contributed by atoms with Crippen molar-refractivity contribution in [3.63, 3.8) is 0 Å². The highest BCUT2D eigenvalue weighted by Gasteiger charge is 2.77. The van der Waals surface area contributed by atoms with E-state index < -0.39 is 41.2 Å². The van der Waals surface area contributed by atoms with Crippen LogP contribution in [0.3, 0.4) is 0 Å². The average molecular weight is 655 g/mol. The normalized spacial score (nSPS) is 29.0. The van der Waals surface area contributed by atoms with Crippen LogP contribution < -0.4 is 10.6 Å². The monoisotopic (exact) mass is 653 g/mol. The molecule has 3 aliphatic rings. The molecule has 1 spiro atoms. The van der Waals surface area contributed by atoms with E-state index in [1.807, 2.05) is 74.5 Å². The molecule has 3 fully saturated rings. The second-order valence-electron chi connectivity index (χ2n) is 14.2. The van der Waals surface area contributed by atoms with E-state index in [-0.39, 0.29) is 34.6 Å². The zero-order valence-electron chi connectivity index (χ0n) is 25.7. The van der Waals surface area contributed by atoms with E-state index in [0.29, 0.717) is 25.8 Å². The number of likely N-dealkylation sites (tertiary alicyclic amines) is 1. The Morgan fingerprint density at radius 2 is 1.63 bits per heavy atom. The first-order valence-corrected chi connectivity index (χ1v) is 16.1. The summed E-state index contributed by atoms with van der Waals surface area (Å²) in [6.07, 6.45) is 0.943. The number of nitrogens with one attached hydrogen (secondary N) is 2. The lowest BCUT2D eigenvalue weighted by Crippen LogP contribution is -2.61. The van der Waals surface area contributed by atoms with Gasteiger partial charge < -0.3 is 25.4 Å². The van der Waals surface area contributed by atoms with Crippen molar-refractivity contribution in [1.29, 1.82) is 0 Å². The van der Waals surface area contributed by atoms with Gasteiger partial charge in [0, 0.05) is 16.9 Å². The van der Waals surface area contributed by atoms with Gasteiger partial charge in [0.2, 0.25) is 17.7 Å². The lowest BCUT2D eigenvalue weighted by atomic mass is 9.70. The number of aliphatic hydroxyl groups is 1. The van der Waals surface area contributed by atoms with Gasteiger partial charge in [0.25, 0.3) is 0 Å². The maximum atomic E-state index is 14.5. The molecule has 8 nitrogen and oxygen atoms in total. The van der Waals surface area contributed by atoms with Crippen molar-refractivity contribution < 1.29 is 24.2 Å². The van der Waals surface area contributed by atoms with Crippen molar-refractivity contribution in [2.24, 2.45) is 17.3 Å². The van der Waals surface area contributed by atoms with Crippen LogP contribution in [0.2, 0.25) is 0 Å². The molecular formula is C34H44BrN3O5. The highest BCUT2D eigenvalue weighted by Crippen LogP contribution is 2.60. The number of amides is 3. The third kappa shape index (κ3) is 6.26.